The van der Waals surface area contributed by atoms with Crippen molar-refractivity contribution in [3.05, 3.63) is 0 Å². The highest BCUT2D eigenvalue weighted by molar-refractivity contribution is 6.74. The fraction of sp³-hybridized carbons (Fsp3) is 0.941. The summed E-state index contributed by atoms with van der Waals surface area (Å²) in [7, 11) is -1.79. The molecule has 122 valence electrons. The smallest absolute Gasteiger partial charge is 0.306 e. The van der Waals surface area contributed by atoms with Gasteiger partial charge in [-0.3, -0.25) is 4.79 Å². The standard InChI is InChI=1S/C17H32O3Si/c1-16(2,3)21(5,6)20-14-8-7-9-17(4)10-11-19-15(18)12-13(14)17/h13-14H,7-12H2,1-6H3/t13-,14-,17+/m1/s1. The third-order valence-corrected chi connectivity index (χ3v) is 10.7. The van der Waals surface area contributed by atoms with Gasteiger partial charge >= 0.3 is 5.97 Å². The third kappa shape index (κ3) is 3.53. The molecule has 3 atom stereocenters. The number of hydrogen-bond donors (Lipinski definition) is 0. The van der Waals surface area contributed by atoms with Crippen LogP contribution in [0, 0.1) is 11.3 Å². The van der Waals surface area contributed by atoms with E-state index in [0.29, 0.717) is 18.9 Å². The second kappa shape index (κ2) is 5.69. The van der Waals surface area contributed by atoms with E-state index >= 15 is 0 Å². The van der Waals surface area contributed by atoms with Crippen molar-refractivity contribution in [2.45, 2.75) is 84.0 Å². The number of carbonyl (C=O) groups excluding carboxylic acids is 1. The Hall–Kier alpha value is -0.353. The van der Waals surface area contributed by atoms with Crippen LogP contribution in [0.15, 0.2) is 0 Å². The first kappa shape index (κ1) is 17.0. The van der Waals surface area contributed by atoms with E-state index in [9.17, 15) is 4.79 Å². The Balaban J connectivity index is 2.20. The Bertz CT molecular complexity index is 399. The fourth-order valence-electron chi connectivity index (χ4n) is 3.56. The fourth-order valence-corrected chi connectivity index (χ4v) is 4.96. The van der Waals surface area contributed by atoms with E-state index in [1.165, 1.54) is 12.8 Å². The van der Waals surface area contributed by atoms with Crippen molar-refractivity contribution in [3.63, 3.8) is 0 Å². The Morgan fingerprint density at radius 3 is 2.57 bits per heavy atom. The van der Waals surface area contributed by atoms with Crippen LogP contribution >= 0.6 is 0 Å². The summed E-state index contributed by atoms with van der Waals surface area (Å²) in [6.45, 7) is 14.4. The molecule has 0 aromatic heterocycles. The zero-order chi connectivity index (χ0) is 15.9. The van der Waals surface area contributed by atoms with Gasteiger partial charge in [0.2, 0.25) is 0 Å². The molecule has 0 unspecified atom stereocenters. The van der Waals surface area contributed by atoms with Gasteiger partial charge < -0.3 is 9.16 Å². The summed E-state index contributed by atoms with van der Waals surface area (Å²) in [5.41, 5.74) is 0.206. The Morgan fingerprint density at radius 1 is 1.29 bits per heavy atom. The van der Waals surface area contributed by atoms with Gasteiger partial charge in [-0.1, -0.05) is 34.1 Å². The van der Waals surface area contributed by atoms with Crippen molar-refractivity contribution in [2.75, 3.05) is 6.61 Å². The highest BCUT2D eigenvalue weighted by atomic mass is 28.4. The Labute approximate surface area is 130 Å². The molecule has 21 heavy (non-hydrogen) atoms. The molecule has 2 aliphatic rings. The summed E-state index contributed by atoms with van der Waals surface area (Å²) < 4.78 is 12.0. The minimum absolute atomic E-state index is 0.0329. The first-order valence-corrected chi connectivity index (χ1v) is 11.3. The maximum Gasteiger partial charge on any atom is 0.306 e. The molecule has 1 heterocycles. The van der Waals surface area contributed by atoms with E-state index < -0.39 is 8.32 Å². The van der Waals surface area contributed by atoms with Crippen LogP contribution in [-0.2, 0) is 14.0 Å². The number of fused-ring (bicyclic) bond motifs is 1. The van der Waals surface area contributed by atoms with Crippen LogP contribution in [0.4, 0.5) is 0 Å². The lowest BCUT2D eigenvalue weighted by Crippen LogP contribution is -2.50. The predicted octanol–water partition coefficient (Wildman–Crippen LogP) is 4.52. The van der Waals surface area contributed by atoms with Crippen molar-refractivity contribution in [2.24, 2.45) is 11.3 Å². The highest BCUT2D eigenvalue weighted by Crippen LogP contribution is 2.50. The summed E-state index contributed by atoms with van der Waals surface area (Å²) in [5, 5.41) is 0.214. The number of carbonyl (C=O) groups is 1. The van der Waals surface area contributed by atoms with E-state index in [-0.39, 0.29) is 22.5 Å². The average molecular weight is 313 g/mol. The zero-order valence-electron chi connectivity index (χ0n) is 14.6. The van der Waals surface area contributed by atoms with Gasteiger partial charge in [0.15, 0.2) is 8.32 Å². The quantitative estimate of drug-likeness (QED) is 0.555. The molecule has 0 N–H and O–H groups in total. The summed E-state index contributed by atoms with van der Waals surface area (Å²) in [4.78, 5) is 11.9. The van der Waals surface area contributed by atoms with Gasteiger partial charge in [-0.05, 0) is 48.7 Å². The van der Waals surface area contributed by atoms with Gasteiger partial charge in [-0.15, -0.1) is 0 Å². The molecule has 0 aromatic rings. The van der Waals surface area contributed by atoms with Crippen LogP contribution in [0.25, 0.3) is 0 Å². The molecule has 0 amide bonds. The molecule has 0 aromatic carbocycles. The van der Waals surface area contributed by atoms with E-state index in [0.717, 1.165) is 12.8 Å². The second-order valence-electron chi connectivity index (χ2n) is 8.74. The number of ether oxygens (including phenoxy) is 1. The average Bonchev–Trinajstić information content (AvgIpc) is 2.46. The van der Waals surface area contributed by atoms with Crippen molar-refractivity contribution in [1.82, 2.24) is 0 Å². The van der Waals surface area contributed by atoms with Gasteiger partial charge in [0.05, 0.1) is 13.0 Å². The summed E-state index contributed by atoms with van der Waals surface area (Å²) >= 11 is 0. The minimum Gasteiger partial charge on any atom is -0.466 e. The largest absolute Gasteiger partial charge is 0.466 e. The van der Waals surface area contributed by atoms with Gasteiger partial charge in [0.25, 0.3) is 0 Å². The molecule has 3 nitrogen and oxygen atoms in total. The molecular formula is C17H32O3Si. The van der Waals surface area contributed by atoms with Crippen molar-refractivity contribution in [1.29, 1.82) is 0 Å². The van der Waals surface area contributed by atoms with E-state index in [2.05, 4.69) is 40.8 Å². The molecular weight excluding hydrogens is 280 g/mol. The van der Waals surface area contributed by atoms with Gasteiger partial charge in [0.1, 0.15) is 0 Å². The van der Waals surface area contributed by atoms with Crippen LogP contribution in [0.1, 0.15) is 59.8 Å². The van der Waals surface area contributed by atoms with Gasteiger partial charge in [-0.2, -0.15) is 0 Å². The van der Waals surface area contributed by atoms with Crippen LogP contribution in [-0.4, -0.2) is 27.0 Å². The summed E-state index contributed by atoms with van der Waals surface area (Å²) in [6.07, 6.45) is 5.26. The minimum atomic E-state index is -1.79. The van der Waals surface area contributed by atoms with Crippen LogP contribution in [0.3, 0.4) is 0 Å². The molecule has 1 saturated carbocycles. The maximum atomic E-state index is 11.9. The number of hydrogen-bond acceptors (Lipinski definition) is 3. The molecule has 2 rings (SSSR count). The normalized spacial score (nSPS) is 34.9. The molecule has 1 aliphatic heterocycles. The predicted molar refractivity (Wildman–Crippen MR) is 87.7 cm³/mol. The van der Waals surface area contributed by atoms with Crippen LogP contribution in [0.2, 0.25) is 18.1 Å². The third-order valence-electron chi connectivity index (χ3n) is 6.16. The van der Waals surface area contributed by atoms with Crippen molar-refractivity contribution >= 4 is 14.3 Å². The monoisotopic (exact) mass is 312 g/mol. The summed E-state index contributed by atoms with van der Waals surface area (Å²) in [5.74, 6) is 0.296. The molecule has 0 bridgehead atoms. The maximum absolute atomic E-state index is 11.9. The highest BCUT2D eigenvalue weighted by Gasteiger charge is 2.48. The molecule has 0 spiro atoms. The number of rotatable bonds is 2. The Morgan fingerprint density at radius 2 is 1.95 bits per heavy atom. The lowest BCUT2D eigenvalue weighted by Gasteiger charge is -2.48. The Kier molecular flexibility index (Phi) is 4.61. The first-order valence-electron chi connectivity index (χ1n) is 8.39. The van der Waals surface area contributed by atoms with Gasteiger partial charge in [0, 0.05) is 6.10 Å². The van der Waals surface area contributed by atoms with E-state index in [1.807, 2.05) is 0 Å². The lowest BCUT2D eigenvalue weighted by molar-refractivity contribution is -0.144. The molecule has 4 heteroatoms. The van der Waals surface area contributed by atoms with Crippen LogP contribution < -0.4 is 0 Å². The topological polar surface area (TPSA) is 35.5 Å². The molecule has 1 aliphatic carbocycles. The SMILES string of the molecule is CC(C)(C)[Si](C)(C)O[C@@H]1CCC[C@@]2(C)CCOC(=O)C[C@H]12. The molecule has 1 saturated heterocycles. The van der Waals surface area contributed by atoms with Crippen molar-refractivity contribution < 1.29 is 14.0 Å². The lowest BCUT2D eigenvalue weighted by atomic mass is 9.64. The number of esters is 1. The molecule has 2 fully saturated rings. The summed E-state index contributed by atoms with van der Waals surface area (Å²) in [6, 6.07) is 0. The first-order chi connectivity index (χ1) is 9.55. The van der Waals surface area contributed by atoms with Crippen molar-refractivity contribution in [3.8, 4) is 0 Å². The zero-order valence-corrected chi connectivity index (χ0v) is 15.6. The molecule has 0 radical (unpaired) electrons. The second-order valence-corrected chi connectivity index (χ2v) is 13.5. The van der Waals surface area contributed by atoms with Crippen LogP contribution in [0.5, 0.6) is 0 Å². The van der Waals surface area contributed by atoms with E-state index in [1.54, 1.807) is 0 Å². The van der Waals surface area contributed by atoms with Gasteiger partial charge in [-0.25, -0.2) is 0 Å². The number of cyclic esters (lactones) is 1. The van der Waals surface area contributed by atoms with E-state index in [4.69, 9.17) is 9.16 Å².